The molecule has 0 aliphatic carbocycles. The molecule has 1 aliphatic heterocycles. The van der Waals surface area contributed by atoms with Crippen molar-refractivity contribution in [2.75, 3.05) is 18.0 Å². The number of hydrogen-bond acceptors (Lipinski definition) is 4. The summed E-state index contributed by atoms with van der Waals surface area (Å²) in [7, 11) is 0. The number of halogens is 2. The van der Waals surface area contributed by atoms with Gasteiger partial charge in [-0.2, -0.15) is 4.98 Å². The fourth-order valence-electron chi connectivity index (χ4n) is 2.01. The van der Waals surface area contributed by atoms with Gasteiger partial charge >= 0.3 is 0 Å². The summed E-state index contributed by atoms with van der Waals surface area (Å²) in [4.78, 5) is 6.27. The lowest BCUT2D eigenvalue weighted by atomic mass is 9.95. The van der Waals surface area contributed by atoms with Crippen LogP contribution in [0, 0.1) is 11.8 Å². The van der Waals surface area contributed by atoms with Crippen molar-refractivity contribution in [3.05, 3.63) is 10.4 Å². The zero-order valence-electron chi connectivity index (χ0n) is 9.32. The van der Waals surface area contributed by atoms with Gasteiger partial charge in [0.15, 0.2) is 11.0 Å². The number of rotatable bonds is 2. The summed E-state index contributed by atoms with van der Waals surface area (Å²) < 4.78 is 0. The van der Waals surface area contributed by atoms with E-state index in [4.69, 9.17) is 23.2 Å². The maximum absolute atomic E-state index is 5.97. The molecule has 0 bridgehead atoms. The number of hydrogen-bond donors (Lipinski definition) is 0. The first kappa shape index (κ1) is 11.9. The molecule has 1 aliphatic rings. The molecule has 1 aromatic rings. The van der Waals surface area contributed by atoms with Gasteiger partial charge in [-0.05, 0) is 29.9 Å². The average molecular weight is 261 g/mol. The van der Waals surface area contributed by atoms with Crippen molar-refractivity contribution in [3.63, 3.8) is 0 Å². The van der Waals surface area contributed by atoms with Gasteiger partial charge in [-0.1, -0.05) is 25.4 Å². The molecule has 0 amide bonds. The van der Waals surface area contributed by atoms with Crippen LogP contribution in [0.3, 0.4) is 0 Å². The summed E-state index contributed by atoms with van der Waals surface area (Å²) in [6.07, 6.45) is 1.16. The Morgan fingerprint density at radius 2 is 2.06 bits per heavy atom. The molecule has 4 nitrogen and oxygen atoms in total. The zero-order valence-corrected chi connectivity index (χ0v) is 10.8. The molecule has 2 rings (SSSR count). The lowest BCUT2D eigenvalue weighted by Crippen LogP contribution is -2.23. The van der Waals surface area contributed by atoms with Gasteiger partial charge in [-0.3, -0.25) is 0 Å². The summed E-state index contributed by atoms with van der Waals surface area (Å²) in [5.41, 5.74) is 0. The quantitative estimate of drug-likeness (QED) is 0.820. The molecule has 6 heteroatoms. The van der Waals surface area contributed by atoms with Crippen LogP contribution in [-0.2, 0) is 0 Å². The van der Waals surface area contributed by atoms with Crippen molar-refractivity contribution in [3.8, 4) is 0 Å². The van der Waals surface area contributed by atoms with Gasteiger partial charge in [0.05, 0.1) is 0 Å². The third-order valence-electron chi connectivity index (χ3n) is 3.07. The van der Waals surface area contributed by atoms with E-state index in [1.165, 1.54) is 0 Å². The summed E-state index contributed by atoms with van der Waals surface area (Å²) in [5, 5.41) is 7.86. The molecule has 1 aromatic heterocycles. The zero-order chi connectivity index (χ0) is 11.7. The van der Waals surface area contributed by atoms with Crippen LogP contribution in [0.2, 0.25) is 10.4 Å². The molecule has 1 saturated heterocycles. The van der Waals surface area contributed by atoms with Gasteiger partial charge < -0.3 is 4.90 Å². The summed E-state index contributed by atoms with van der Waals surface area (Å²) in [5.74, 6) is 2.02. The normalized spacial score (nSPS) is 20.8. The maximum atomic E-state index is 5.97. The Morgan fingerprint density at radius 1 is 1.31 bits per heavy atom. The smallest absolute Gasteiger partial charge is 0.245 e. The van der Waals surface area contributed by atoms with E-state index in [2.05, 4.69) is 33.9 Å². The Kier molecular flexibility index (Phi) is 3.50. The number of nitrogens with zero attached hydrogens (tertiary/aromatic N) is 4. The van der Waals surface area contributed by atoms with E-state index in [1.807, 2.05) is 0 Å². The van der Waals surface area contributed by atoms with Crippen LogP contribution < -0.4 is 4.90 Å². The summed E-state index contributed by atoms with van der Waals surface area (Å²) >= 11 is 11.7. The Balaban J connectivity index is 2.17. The molecule has 0 radical (unpaired) electrons. The van der Waals surface area contributed by atoms with Crippen molar-refractivity contribution >= 4 is 29.0 Å². The van der Waals surface area contributed by atoms with Crippen LogP contribution >= 0.6 is 23.2 Å². The predicted molar refractivity (Wildman–Crippen MR) is 65.0 cm³/mol. The molecule has 88 valence electrons. The largest absolute Gasteiger partial charge is 0.354 e. The molecule has 1 fully saturated rings. The Hall–Kier alpha value is -0.610. The molecule has 0 aromatic carbocycles. The lowest BCUT2D eigenvalue weighted by Gasteiger charge is -2.19. The van der Waals surface area contributed by atoms with E-state index >= 15 is 0 Å². The first-order valence-corrected chi connectivity index (χ1v) is 6.14. The lowest BCUT2D eigenvalue weighted by molar-refractivity contribution is 0.422. The minimum atomic E-state index is 0.146. The predicted octanol–water partition coefficient (Wildman–Crippen LogP) is 2.66. The second-order valence-corrected chi connectivity index (χ2v) is 5.13. The topological polar surface area (TPSA) is 41.9 Å². The first-order valence-electron chi connectivity index (χ1n) is 5.38. The van der Waals surface area contributed by atoms with Crippen LogP contribution in [0.5, 0.6) is 0 Å². The van der Waals surface area contributed by atoms with Gasteiger partial charge in [0, 0.05) is 13.1 Å². The highest BCUT2D eigenvalue weighted by Crippen LogP contribution is 2.30. The fraction of sp³-hybridized carbons (Fsp3) is 0.700. The van der Waals surface area contributed by atoms with Crippen molar-refractivity contribution < 1.29 is 0 Å². The number of anilines is 1. The first-order chi connectivity index (χ1) is 7.58. The fourth-order valence-corrected chi connectivity index (χ4v) is 2.33. The molecule has 2 heterocycles. The molecule has 0 N–H and O–H groups in total. The maximum Gasteiger partial charge on any atom is 0.245 e. The Bertz CT molecular complexity index is 383. The highest BCUT2D eigenvalue weighted by atomic mass is 35.5. The van der Waals surface area contributed by atoms with E-state index in [0.717, 1.165) is 19.5 Å². The van der Waals surface area contributed by atoms with Crippen molar-refractivity contribution in [1.29, 1.82) is 0 Å². The molecule has 0 spiro atoms. The van der Waals surface area contributed by atoms with Gasteiger partial charge in [0.1, 0.15) is 0 Å². The van der Waals surface area contributed by atoms with E-state index in [9.17, 15) is 0 Å². The highest BCUT2D eigenvalue weighted by molar-refractivity contribution is 6.32. The standard InChI is InChI=1S/C10H14Cl2N4/c1-6(2)7-3-4-16(5-7)9-8(11)14-15-10(12)13-9/h6-7H,3-5H2,1-2H3. The Labute approximate surface area is 105 Å². The van der Waals surface area contributed by atoms with Crippen LogP contribution in [0.15, 0.2) is 0 Å². The minimum Gasteiger partial charge on any atom is -0.354 e. The third-order valence-corrected chi connectivity index (χ3v) is 3.47. The third kappa shape index (κ3) is 2.38. The van der Waals surface area contributed by atoms with Crippen LogP contribution in [0.4, 0.5) is 5.82 Å². The molecule has 16 heavy (non-hydrogen) atoms. The van der Waals surface area contributed by atoms with Crippen LogP contribution in [0.1, 0.15) is 20.3 Å². The second-order valence-electron chi connectivity index (χ2n) is 4.43. The van der Waals surface area contributed by atoms with Gasteiger partial charge in [-0.15, -0.1) is 10.2 Å². The van der Waals surface area contributed by atoms with Crippen LogP contribution in [-0.4, -0.2) is 28.3 Å². The molecular formula is C10H14Cl2N4. The number of aromatic nitrogens is 3. The van der Waals surface area contributed by atoms with E-state index < -0.39 is 0 Å². The van der Waals surface area contributed by atoms with Crippen LogP contribution in [0.25, 0.3) is 0 Å². The van der Waals surface area contributed by atoms with Gasteiger partial charge in [-0.25, -0.2) is 0 Å². The highest BCUT2D eigenvalue weighted by Gasteiger charge is 2.27. The van der Waals surface area contributed by atoms with Gasteiger partial charge in [0.25, 0.3) is 0 Å². The summed E-state index contributed by atoms with van der Waals surface area (Å²) in [6, 6.07) is 0. The van der Waals surface area contributed by atoms with Crippen molar-refractivity contribution in [2.45, 2.75) is 20.3 Å². The molecule has 1 unspecified atom stereocenters. The molecule has 0 saturated carbocycles. The average Bonchev–Trinajstić information content (AvgIpc) is 2.70. The van der Waals surface area contributed by atoms with Crippen molar-refractivity contribution in [2.24, 2.45) is 11.8 Å². The van der Waals surface area contributed by atoms with Gasteiger partial charge in [0.2, 0.25) is 5.28 Å². The van der Waals surface area contributed by atoms with E-state index in [1.54, 1.807) is 0 Å². The molecular weight excluding hydrogens is 247 g/mol. The van der Waals surface area contributed by atoms with E-state index in [0.29, 0.717) is 22.8 Å². The SMILES string of the molecule is CC(C)C1CCN(c2nc(Cl)nnc2Cl)C1. The van der Waals surface area contributed by atoms with Crippen molar-refractivity contribution in [1.82, 2.24) is 15.2 Å². The van der Waals surface area contributed by atoms with E-state index in [-0.39, 0.29) is 5.28 Å². The summed E-state index contributed by atoms with van der Waals surface area (Å²) in [6.45, 7) is 6.39. The monoisotopic (exact) mass is 260 g/mol. The Morgan fingerprint density at radius 3 is 2.69 bits per heavy atom. The minimum absolute atomic E-state index is 0.146. The molecule has 1 atom stereocenters. The second kappa shape index (κ2) is 4.72.